The van der Waals surface area contributed by atoms with E-state index in [1.807, 2.05) is 60.7 Å². The van der Waals surface area contributed by atoms with Crippen LogP contribution in [-0.4, -0.2) is 24.1 Å². The molecule has 0 aliphatic rings. The predicted octanol–water partition coefficient (Wildman–Crippen LogP) is 12.0. The standard InChI is InChI=1S/C51H35N7/c1-30-15-19-43-37(23-30)38-24-31(2)16-20-44(38)57(43)47-36(28-52)27-41(51-55-49(34-11-7-5-8-12-34)54-50(56-51)35-13-9-6-10-14-35)42(29-53)48(47)58-45-21-17-32(3)25-39(45)40-26-33(4)18-22-46(40)58/h5-27H,1-4H3. The van der Waals surface area contributed by atoms with Crippen molar-refractivity contribution in [2.75, 3.05) is 0 Å². The smallest absolute Gasteiger partial charge is 0.165 e. The third-order valence-electron chi connectivity index (χ3n) is 11.0. The molecule has 3 aromatic heterocycles. The molecule has 7 nitrogen and oxygen atoms in total. The van der Waals surface area contributed by atoms with Gasteiger partial charge in [0.2, 0.25) is 0 Å². The van der Waals surface area contributed by atoms with Crippen molar-refractivity contribution in [2.45, 2.75) is 27.7 Å². The molecule has 7 aromatic carbocycles. The van der Waals surface area contributed by atoms with E-state index >= 15 is 0 Å². The minimum absolute atomic E-state index is 0.300. The zero-order chi connectivity index (χ0) is 39.7. The average Bonchev–Trinajstić information content (AvgIpc) is 3.73. The average molecular weight is 746 g/mol. The first-order valence-electron chi connectivity index (χ1n) is 19.2. The van der Waals surface area contributed by atoms with Gasteiger partial charge in [-0.3, -0.25) is 0 Å². The largest absolute Gasteiger partial charge is 0.306 e. The summed E-state index contributed by atoms with van der Waals surface area (Å²) in [7, 11) is 0. The van der Waals surface area contributed by atoms with Gasteiger partial charge in [-0.15, -0.1) is 0 Å². The Kier molecular flexibility index (Phi) is 8.00. The first-order chi connectivity index (χ1) is 28.3. The third kappa shape index (κ3) is 5.44. The van der Waals surface area contributed by atoms with Crippen molar-refractivity contribution in [2.24, 2.45) is 0 Å². The molecule has 7 heteroatoms. The van der Waals surface area contributed by atoms with Gasteiger partial charge in [0.15, 0.2) is 17.5 Å². The molecule has 0 aliphatic carbocycles. The summed E-state index contributed by atoms with van der Waals surface area (Å²) in [6.45, 7) is 8.38. The summed E-state index contributed by atoms with van der Waals surface area (Å²) in [5.74, 6) is 1.23. The summed E-state index contributed by atoms with van der Waals surface area (Å²) in [6.07, 6.45) is 0. The van der Waals surface area contributed by atoms with Crippen molar-refractivity contribution in [3.8, 4) is 57.7 Å². The summed E-state index contributed by atoms with van der Waals surface area (Å²) in [5, 5.41) is 27.2. The van der Waals surface area contributed by atoms with Gasteiger partial charge in [-0.05, 0) is 82.3 Å². The first-order valence-corrected chi connectivity index (χ1v) is 19.2. The summed E-state index contributed by atoms with van der Waals surface area (Å²) in [5.41, 5.74) is 12.2. The molecule has 0 fully saturated rings. The molecule has 0 saturated carbocycles. The fourth-order valence-corrected chi connectivity index (χ4v) is 8.39. The van der Waals surface area contributed by atoms with Crippen molar-refractivity contribution in [3.63, 3.8) is 0 Å². The second-order valence-electron chi connectivity index (χ2n) is 15.1. The van der Waals surface area contributed by atoms with Crippen LogP contribution < -0.4 is 0 Å². The molecule has 274 valence electrons. The van der Waals surface area contributed by atoms with Crippen LogP contribution in [0.4, 0.5) is 0 Å². The van der Waals surface area contributed by atoms with E-state index in [1.54, 1.807) is 6.07 Å². The number of aromatic nitrogens is 5. The van der Waals surface area contributed by atoms with Gasteiger partial charge in [0, 0.05) is 38.2 Å². The number of fused-ring (bicyclic) bond motifs is 6. The maximum absolute atomic E-state index is 11.6. The van der Waals surface area contributed by atoms with Gasteiger partial charge in [-0.25, -0.2) is 15.0 Å². The summed E-state index contributed by atoms with van der Waals surface area (Å²) >= 11 is 0. The van der Waals surface area contributed by atoms with Crippen LogP contribution >= 0.6 is 0 Å². The van der Waals surface area contributed by atoms with Crippen LogP contribution in [0, 0.1) is 50.4 Å². The number of rotatable bonds is 5. The van der Waals surface area contributed by atoms with E-state index in [-0.39, 0.29) is 0 Å². The van der Waals surface area contributed by atoms with Gasteiger partial charge < -0.3 is 9.13 Å². The van der Waals surface area contributed by atoms with Crippen LogP contribution in [0.5, 0.6) is 0 Å². The predicted molar refractivity (Wildman–Crippen MR) is 233 cm³/mol. The summed E-state index contributed by atoms with van der Waals surface area (Å²) in [4.78, 5) is 15.1. The van der Waals surface area contributed by atoms with E-state index in [2.05, 4.69) is 122 Å². The van der Waals surface area contributed by atoms with Crippen LogP contribution in [0.15, 0.2) is 140 Å². The topological polar surface area (TPSA) is 96.1 Å². The van der Waals surface area contributed by atoms with Crippen molar-refractivity contribution in [1.82, 2.24) is 24.1 Å². The Labute approximate surface area is 335 Å². The normalized spacial score (nSPS) is 11.4. The molecule has 58 heavy (non-hydrogen) atoms. The molecule has 10 aromatic rings. The maximum Gasteiger partial charge on any atom is 0.165 e. The van der Waals surface area contributed by atoms with Gasteiger partial charge in [-0.1, -0.05) is 107 Å². The quantitative estimate of drug-likeness (QED) is 0.175. The van der Waals surface area contributed by atoms with Gasteiger partial charge in [0.1, 0.15) is 12.1 Å². The zero-order valence-electron chi connectivity index (χ0n) is 32.4. The highest BCUT2D eigenvalue weighted by molar-refractivity contribution is 6.13. The highest BCUT2D eigenvalue weighted by Crippen LogP contribution is 2.44. The van der Waals surface area contributed by atoms with Crippen LogP contribution in [0.25, 0.3) is 89.2 Å². The van der Waals surface area contributed by atoms with Gasteiger partial charge in [0.05, 0.1) is 44.6 Å². The molecule has 0 aliphatic heterocycles. The number of aryl methyl sites for hydroxylation is 4. The molecule has 0 N–H and O–H groups in total. The van der Waals surface area contributed by atoms with Crippen LogP contribution in [0.2, 0.25) is 0 Å². The number of nitrogens with zero attached hydrogens (tertiary/aromatic N) is 7. The lowest BCUT2D eigenvalue weighted by molar-refractivity contribution is 1.05. The Morgan fingerprint density at radius 1 is 0.414 bits per heavy atom. The number of hydrogen-bond acceptors (Lipinski definition) is 5. The minimum atomic E-state index is 0.300. The van der Waals surface area contributed by atoms with E-state index in [0.29, 0.717) is 45.5 Å². The van der Waals surface area contributed by atoms with Crippen molar-refractivity contribution < 1.29 is 0 Å². The first kappa shape index (κ1) is 34.6. The minimum Gasteiger partial charge on any atom is -0.306 e. The second kappa shape index (κ2) is 13.4. The third-order valence-corrected chi connectivity index (χ3v) is 11.0. The Bertz CT molecular complexity index is 3220. The second-order valence-corrected chi connectivity index (χ2v) is 15.1. The molecule has 3 heterocycles. The molecule has 0 bridgehead atoms. The lowest BCUT2D eigenvalue weighted by Gasteiger charge is -2.21. The lowest BCUT2D eigenvalue weighted by atomic mass is 9.98. The highest BCUT2D eigenvalue weighted by atomic mass is 15.1. The molecule has 0 saturated heterocycles. The Balaban J connectivity index is 1.41. The molecular weight excluding hydrogens is 711 g/mol. The maximum atomic E-state index is 11.6. The van der Waals surface area contributed by atoms with Gasteiger partial charge in [-0.2, -0.15) is 10.5 Å². The van der Waals surface area contributed by atoms with Crippen molar-refractivity contribution in [3.05, 3.63) is 173 Å². The monoisotopic (exact) mass is 745 g/mol. The molecular formula is C51H35N7. The van der Waals surface area contributed by atoms with Gasteiger partial charge >= 0.3 is 0 Å². The van der Waals surface area contributed by atoms with E-state index in [1.165, 1.54) is 0 Å². The highest BCUT2D eigenvalue weighted by Gasteiger charge is 2.29. The van der Waals surface area contributed by atoms with E-state index in [4.69, 9.17) is 15.0 Å². The molecule has 0 radical (unpaired) electrons. The number of benzene rings is 7. The molecule has 10 rings (SSSR count). The Morgan fingerprint density at radius 3 is 1.17 bits per heavy atom. The van der Waals surface area contributed by atoms with Gasteiger partial charge in [0.25, 0.3) is 0 Å². The SMILES string of the molecule is Cc1ccc2c(c1)c1cc(C)ccc1n2-c1c(C#N)cc(-c2nc(-c3ccccc3)nc(-c3ccccc3)n2)c(C#N)c1-n1c2ccc(C)cc2c2cc(C)ccc21. The fraction of sp³-hybridized carbons (Fsp3) is 0.0784. The van der Waals surface area contributed by atoms with Crippen LogP contribution in [-0.2, 0) is 0 Å². The Morgan fingerprint density at radius 2 is 0.793 bits per heavy atom. The fourth-order valence-electron chi connectivity index (χ4n) is 8.39. The number of nitriles is 2. The summed E-state index contributed by atoms with van der Waals surface area (Å²) in [6, 6.07) is 52.2. The van der Waals surface area contributed by atoms with Crippen molar-refractivity contribution in [1.29, 1.82) is 10.5 Å². The van der Waals surface area contributed by atoms with E-state index in [9.17, 15) is 10.5 Å². The lowest BCUT2D eigenvalue weighted by Crippen LogP contribution is -2.11. The van der Waals surface area contributed by atoms with E-state index in [0.717, 1.165) is 77.0 Å². The summed E-state index contributed by atoms with van der Waals surface area (Å²) < 4.78 is 4.33. The molecule has 0 spiro atoms. The molecule has 0 unspecified atom stereocenters. The van der Waals surface area contributed by atoms with E-state index < -0.39 is 0 Å². The Hall–Kier alpha value is -7.87. The zero-order valence-corrected chi connectivity index (χ0v) is 32.4. The van der Waals surface area contributed by atoms with Crippen molar-refractivity contribution >= 4 is 43.6 Å². The molecule has 0 amide bonds. The molecule has 0 atom stereocenters. The van der Waals surface area contributed by atoms with Crippen LogP contribution in [0.1, 0.15) is 33.4 Å². The van der Waals surface area contributed by atoms with Crippen LogP contribution in [0.3, 0.4) is 0 Å². The number of hydrogen-bond donors (Lipinski definition) is 0.